The van der Waals surface area contributed by atoms with E-state index in [0.717, 1.165) is 16.7 Å². The van der Waals surface area contributed by atoms with Gasteiger partial charge in [0.2, 0.25) is 0 Å². The first-order valence-electron chi connectivity index (χ1n) is 6.49. The molecule has 2 nitrogen and oxygen atoms in total. The highest BCUT2D eigenvalue weighted by Crippen LogP contribution is 2.23. The standard InChI is InChI=1S/C16H18O2S/c1-2-19-11-14(16(17)18)10-13-8-5-7-12-6-3-4-9-15(12)13/h3-9,14H,2,10-11H2,1H3,(H,17,18)/t14-/m1/s1. The molecule has 100 valence electrons. The van der Waals surface area contributed by atoms with Crippen molar-refractivity contribution in [2.24, 2.45) is 5.92 Å². The lowest BCUT2D eigenvalue weighted by molar-refractivity contribution is -0.140. The van der Waals surface area contributed by atoms with Gasteiger partial charge in [0.15, 0.2) is 0 Å². The largest absolute Gasteiger partial charge is 0.481 e. The maximum Gasteiger partial charge on any atom is 0.307 e. The van der Waals surface area contributed by atoms with Crippen molar-refractivity contribution in [2.45, 2.75) is 13.3 Å². The van der Waals surface area contributed by atoms with E-state index in [9.17, 15) is 9.90 Å². The Morgan fingerprint density at radius 2 is 1.95 bits per heavy atom. The average molecular weight is 274 g/mol. The lowest BCUT2D eigenvalue weighted by Crippen LogP contribution is -2.19. The summed E-state index contributed by atoms with van der Waals surface area (Å²) in [6.07, 6.45) is 0.601. The van der Waals surface area contributed by atoms with Crippen molar-refractivity contribution in [1.29, 1.82) is 0 Å². The van der Waals surface area contributed by atoms with Gasteiger partial charge in [0.05, 0.1) is 5.92 Å². The van der Waals surface area contributed by atoms with E-state index >= 15 is 0 Å². The smallest absolute Gasteiger partial charge is 0.307 e. The minimum absolute atomic E-state index is 0.309. The molecule has 0 aliphatic rings. The number of aliphatic carboxylic acids is 1. The second-order valence-corrected chi connectivity index (χ2v) is 5.86. The number of thioether (sulfide) groups is 1. The van der Waals surface area contributed by atoms with Gasteiger partial charge in [-0.2, -0.15) is 11.8 Å². The van der Waals surface area contributed by atoms with Crippen molar-refractivity contribution < 1.29 is 9.90 Å². The normalized spacial score (nSPS) is 12.5. The Labute approximate surface area is 117 Å². The molecule has 0 unspecified atom stereocenters. The molecule has 19 heavy (non-hydrogen) atoms. The summed E-state index contributed by atoms with van der Waals surface area (Å²) < 4.78 is 0. The highest BCUT2D eigenvalue weighted by atomic mass is 32.2. The minimum atomic E-state index is -0.700. The topological polar surface area (TPSA) is 37.3 Å². The van der Waals surface area contributed by atoms with Crippen LogP contribution in [0.3, 0.4) is 0 Å². The lowest BCUT2D eigenvalue weighted by Gasteiger charge is -2.13. The van der Waals surface area contributed by atoms with E-state index in [0.29, 0.717) is 12.2 Å². The van der Waals surface area contributed by atoms with Gasteiger partial charge in [0.25, 0.3) is 0 Å². The number of hydrogen-bond acceptors (Lipinski definition) is 2. The van der Waals surface area contributed by atoms with E-state index in [1.807, 2.05) is 24.3 Å². The fourth-order valence-electron chi connectivity index (χ4n) is 2.21. The second kappa shape index (κ2) is 6.62. The Hall–Kier alpha value is -1.48. The molecule has 2 rings (SSSR count). The van der Waals surface area contributed by atoms with Gasteiger partial charge in [-0.1, -0.05) is 49.4 Å². The molecule has 3 heteroatoms. The van der Waals surface area contributed by atoms with Crippen LogP contribution in [-0.2, 0) is 11.2 Å². The van der Waals surface area contributed by atoms with Crippen LogP contribution in [-0.4, -0.2) is 22.6 Å². The number of carboxylic acids is 1. The van der Waals surface area contributed by atoms with Gasteiger partial charge >= 0.3 is 5.97 Å². The first-order chi connectivity index (χ1) is 9.22. The van der Waals surface area contributed by atoms with Crippen LogP contribution in [0.2, 0.25) is 0 Å². The summed E-state index contributed by atoms with van der Waals surface area (Å²) in [5, 5.41) is 11.7. The first-order valence-corrected chi connectivity index (χ1v) is 7.65. The van der Waals surface area contributed by atoms with Gasteiger partial charge in [-0.15, -0.1) is 0 Å². The fourth-order valence-corrected chi connectivity index (χ4v) is 2.99. The molecular formula is C16H18O2S. The molecule has 1 N–H and O–H groups in total. The number of carbonyl (C=O) groups is 1. The highest BCUT2D eigenvalue weighted by molar-refractivity contribution is 7.99. The van der Waals surface area contributed by atoms with Crippen LogP contribution < -0.4 is 0 Å². The van der Waals surface area contributed by atoms with Gasteiger partial charge in [0, 0.05) is 5.75 Å². The summed E-state index contributed by atoms with van der Waals surface area (Å²) in [4.78, 5) is 11.3. The Bertz CT molecular complexity index is 560. The maximum absolute atomic E-state index is 11.3. The van der Waals surface area contributed by atoms with Crippen molar-refractivity contribution in [1.82, 2.24) is 0 Å². The summed E-state index contributed by atoms with van der Waals surface area (Å²) in [7, 11) is 0. The molecule has 2 aromatic rings. The molecule has 0 saturated carbocycles. The predicted molar refractivity (Wildman–Crippen MR) is 81.8 cm³/mol. The molecule has 0 bridgehead atoms. The summed E-state index contributed by atoms with van der Waals surface area (Å²) >= 11 is 1.69. The molecule has 0 aliphatic carbocycles. The third-order valence-corrected chi connectivity index (χ3v) is 4.26. The molecule has 0 radical (unpaired) electrons. The lowest BCUT2D eigenvalue weighted by atomic mass is 9.96. The van der Waals surface area contributed by atoms with E-state index in [1.165, 1.54) is 5.39 Å². The summed E-state index contributed by atoms with van der Waals surface area (Å²) in [6.45, 7) is 2.06. The Kier molecular flexibility index (Phi) is 4.86. The van der Waals surface area contributed by atoms with Gasteiger partial charge in [-0.3, -0.25) is 4.79 Å². The monoisotopic (exact) mass is 274 g/mol. The third kappa shape index (κ3) is 3.51. The highest BCUT2D eigenvalue weighted by Gasteiger charge is 2.18. The Balaban J connectivity index is 2.26. The van der Waals surface area contributed by atoms with Crippen molar-refractivity contribution in [2.75, 3.05) is 11.5 Å². The SMILES string of the molecule is CCSC[C@@H](Cc1cccc2ccccc12)C(=O)O. The molecule has 0 amide bonds. The zero-order valence-electron chi connectivity index (χ0n) is 11.0. The fraction of sp³-hybridized carbons (Fsp3) is 0.312. The van der Waals surface area contributed by atoms with Crippen molar-refractivity contribution in [3.8, 4) is 0 Å². The Morgan fingerprint density at radius 3 is 2.68 bits per heavy atom. The van der Waals surface area contributed by atoms with E-state index in [2.05, 4.69) is 25.1 Å². The van der Waals surface area contributed by atoms with Crippen LogP contribution in [0.25, 0.3) is 10.8 Å². The number of carboxylic acid groups (broad SMARTS) is 1. The molecule has 0 aromatic heterocycles. The minimum Gasteiger partial charge on any atom is -0.481 e. The molecule has 0 spiro atoms. The van der Waals surface area contributed by atoms with Crippen LogP contribution >= 0.6 is 11.8 Å². The molecule has 0 fully saturated rings. The van der Waals surface area contributed by atoms with Crippen LogP contribution in [0, 0.1) is 5.92 Å². The molecular weight excluding hydrogens is 256 g/mol. The molecule has 0 saturated heterocycles. The third-order valence-electron chi connectivity index (χ3n) is 3.22. The Morgan fingerprint density at radius 1 is 1.21 bits per heavy atom. The second-order valence-electron chi connectivity index (χ2n) is 4.54. The molecule has 1 atom stereocenters. The van der Waals surface area contributed by atoms with Crippen molar-refractivity contribution in [3.05, 3.63) is 48.0 Å². The number of rotatable bonds is 6. The van der Waals surface area contributed by atoms with Gasteiger partial charge < -0.3 is 5.11 Å². The van der Waals surface area contributed by atoms with Crippen LogP contribution in [0.15, 0.2) is 42.5 Å². The van der Waals surface area contributed by atoms with E-state index in [-0.39, 0.29) is 5.92 Å². The zero-order valence-corrected chi connectivity index (χ0v) is 11.8. The van der Waals surface area contributed by atoms with E-state index < -0.39 is 5.97 Å². The molecule has 0 aliphatic heterocycles. The first kappa shape index (κ1) is 13.9. The van der Waals surface area contributed by atoms with Crippen molar-refractivity contribution >= 4 is 28.5 Å². The average Bonchev–Trinajstić information content (AvgIpc) is 2.43. The van der Waals surface area contributed by atoms with Crippen molar-refractivity contribution in [3.63, 3.8) is 0 Å². The van der Waals surface area contributed by atoms with E-state index in [1.54, 1.807) is 11.8 Å². The summed E-state index contributed by atoms with van der Waals surface area (Å²) in [6, 6.07) is 14.2. The number of fused-ring (bicyclic) bond motifs is 1. The van der Waals surface area contributed by atoms with Gasteiger partial charge in [-0.25, -0.2) is 0 Å². The zero-order chi connectivity index (χ0) is 13.7. The number of hydrogen-bond donors (Lipinski definition) is 1. The summed E-state index contributed by atoms with van der Waals surface area (Å²) in [5.74, 6) is 0.624. The van der Waals surface area contributed by atoms with E-state index in [4.69, 9.17) is 0 Å². The maximum atomic E-state index is 11.3. The van der Waals surface area contributed by atoms with Gasteiger partial charge in [0.1, 0.15) is 0 Å². The molecule has 0 heterocycles. The van der Waals surface area contributed by atoms with Crippen LogP contribution in [0.5, 0.6) is 0 Å². The predicted octanol–water partition coefficient (Wildman–Crippen LogP) is 3.84. The summed E-state index contributed by atoms with van der Waals surface area (Å²) in [5.41, 5.74) is 1.13. The number of benzene rings is 2. The quantitative estimate of drug-likeness (QED) is 0.869. The van der Waals surface area contributed by atoms with Crippen LogP contribution in [0.1, 0.15) is 12.5 Å². The van der Waals surface area contributed by atoms with Gasteiger partial charge in [-0.05, 0) is 28.5 Å². The molecule has 2 aromatic carbocycles. The van der Waals surface area contributed by atoms with Crippen LogP contribution in [0.4, 0.5) is 0 Å².